The van der Waals surface area contributed by atoms with Crippen molar-refractivity contribution in [2.75, 3.05) is 24.7 Å². The molecule has 0 saturated carbocycles. The highest BCUT2D eigenvalue weighted by Crippen LogP contribution is 2.15. The Morgan fingerprint density at radius 3 is 2.38 bits per heavy atom. The van der Waals surface area contributed by atoms with E-state index in [1.807, 2.05) is 30.3 Å². The van der Waals surface area contributed by atoms with Crippen LogP contribution in [0, 0.1) is 0 Å². The Balaban J connectivity index is 2.43. The third-order valence-electron chi connectivity index (χ3n) is 2.89. The third-order valence-corrected chi connectivity index (χ3v) is 2.89. The van der Waals surface area contributed by atoms with E-state index >= 15 is 0 Å². The molecule has 0 fully saturated rings. The van der Waals surface area contributed by atoms with Crippen LogP contribution in [0.25, 0.3) is 0 Å². The van der Waals surface area contributed by atoms with Gasteiger partial charge in [-0.1, -0.05) is 18.2 Å². The predicted molar refractivity (Wildman–Crippen MR) is 81.3 cm³/mol. The Morgan fingerprint density at radius 1 is 1.05 bits per heavy atom. The minimum atomic E-state index is -0.330. The molecule has 0 bridgehead atoms. The van der Waals surface area contributed by atoms with E-state index in [2.05, 4.69) is 0 Å². The standard InChI is InChI=1S/C16H23NO4/c1-3-20-16(19)17(15-10-6-4-7-11-15)12-8-5-9-13-21-14(2)18/h4,6-7,10-11H,3,5,8-9,12-13H2,1-2H3. The number of esters is 1. The predicted octanol–water partition coefficient (Wildman–Crippen LogP) is 3.38. The lowest BCUT2D eigenvalue weighted by Crippen LogP contribution is -2.32. The van der Waals surface area contributed by atoms with Crippen LogP contribution < -0.4 is 4.90 Å². The maximum atomic E-state index is 12.0. The summed E-state index contributed by atoms with van der Waals surface area (Å²) >= 11 is 0. The molecular formula is C16H23NO4. The maximum absolute atomic E-state index is 12.0. The summed E-state index contributed by atoms with van der Waals surface area (Å²) in [6.07, 6.45) is 2.18. The molecule has 0 aromatic heterocycles. The number of unbranched alkanes of at least 4 members (excludes halogenated alkanes) is 2. The molecule has 1 rings (SSSR count). The number of rotatable bonds is 8. The highest BCUT2D eigenvalue weighted by atomic mass is 16.6. The van der Waals surface area contributed by atoms with Crippen molar-refractivity contribution in [1.82, 2.24) is 0 Å². The van der Waals surface area contributed by atoms with E-state index in [-0.39, 0.29) is 12.1 Å². The monoisotopic (exact) mass is 293 g/mol. The average molecular weight is 293 g/mol. The molecule has 116 valence electrons. The zero-order valence-electron chi connectivity index (χ0n) is 12.7. The van der Waals surface area contributed by atoms with Crippen LogP contribution in [0.5, 0.6) is 0 Å². The van der Waals surface area contributed by atoms with E-state index in [1.54, 1.807) is 11.8 Å². The molecule has 0 aliphatic heterocycles. The van der Waals surface area contributed by atoms with Crippen LogP contribution in [-0.2, 0) is 14.3 Å². The van der Waals surface area contributed by atoms with Crippen molar-refractivity contribution < 1.29 is 19.1 Å². The summed E-state index contributed by atoms with van der Waals surface area (Å²) in [5, 5.41) is 0. The number of para-hydroxylation sites is 1. The second-order valence-electron chi connectivity index (χ2n) is 4.59. The molecule has 5 nitrogen and oxygen atoms in total. The lowest BCUT2D eigenvalue weighted by molar-refractivity contribution is -0.141. The molecule has 1 aromatic carbocycles. The summed E-state index contributed by atoms with van der Waals surface area (Å²) in [6, 6.07) is 9.46. The van der Waals surface area contributed by atoms with Gasteiger partial charge in [-0.05, 0) is 38.3 Å². The van der Waals surface area contributed by atoms with Gasteiger partial charge in [0.15, 0.2) is 0 Å². The Hall–Kier alpha value is -2.04. The number of hydrogen-bond acceptors (Lipinski definition) is 4. The highest BCUT2D eigenvalue weighted by Gasteiger charge is 2.15. The quantitative estimate of drug-likeness (QED) is 0.544. The van der Waals surface area contributed by atoms with Crippen LogP contribution in [0.3, 0.4) is 0 Å². The lowest BCUT2D eigenvalue weighted by atomic mass is 10.2. The third kappa shape index (κ3) is 6.79. The van der Waals surface area contributed by atoms with Gasteiger partial charge in [-0.25, -0.2) is 4.79 Å². The molecular weight excluding hydrogens is 270 g/mol. The summed E-state index contributed by atoms with van der Waals surface area (Å²) in [7, 11) is 0. The molecule has 1 aromatic rings. The fourth-order valence-corrected chi connectivity index (χ4v) is 1.90. The molecule has 0 radical (unpaired) electrons. The van der Waals surface area contributed by atoms with Gasteiger partial charge < -0.3 is 9.47 Å². The molecule has 0 heterocycles. The van der Waals surface area contributed by atoms with E-state index in [0.29, 0.717) is 19.8 Å². The van der Waals surface area contributed by atoms with Crippen LogP contribution in [0.1, 0.15) is 33.1 Å². The Kier molecular flexibility index (Phi) is 7.94. The fourth-order valence-electron chi connectivity index (χ4n) is 1.90. The van der Waals surface area contributed by atoms with E-state index in [1.165, 1.54) is 6.92 Å². The molecule has 0 aliphatic carbocycles. The summed E-state index contributed by atoms with van der Waals surface area (Å²) in [4.78, 5) is 24.3. The number of benzene rings is 1. The topological polar surface area (TPSA) is 55.8 Å². The Bertz CT molecular complexity index is 433. The average Bonchev–Trinajstić information content (AvgIpc) is 2.47. The van der Waals surface area contributed by atoms with Gasteiger partial charge in [-0.3, -0.25) is 9.69 Å². The maximum Gasteiger partial charge on any atom is 0.414 e. The SMILES string of the molecule is CCOC(=O)N(CCCCCOC(C)=O)c1ccccc1. The first kappa shape index (κ1) is 17.0. The highest BCUT2D eigenvalue weighted by molar-refractivity contribution is 5.87. The van der Waals surface area contributed by atoms with Crippen LogP contribution in [-0.4, -0.2) is 31.8 Å². The van der Waals surface area contributed by atoms with Gasteiger partial charge in [0.25, 0.3) is 0 Å². The summed E-state index contributed by atoms with van der Waals surface area (Å²) in [5.74, 6) is -0.257. The number of hydrogen-bond donors (Lipinski definition) is 0. The summed E-state index contributed by atoms with van der Waals surface area (Å²) in [6.45, 7) is 4.57. The van der Waals surface area contributed by atoms with E-state index in [4.69, 9.17) is 9.47 Å². The molecule has 1 amide bonds. The Labute approximate surface area is 125 Å². The van der Waals surface area contributed by atoms with Crippen molar-refractivity contribution in [3.8, 4) is 0 Å². The normalized spacial score (nSPS) is 10.0. The van der Waals surface area contributed by atoms with Gasteiger partial charge in [0.2, 0.25) is 0 Å². The number of carbonyl (C=O) groups excluding carboxylic acids is 2. The number of carbonyl (C=O) groups is 2. The first-order chi connectivity index (χ1) is 10.1. The Morgan fingerprint density at radius 2 is 1.76 bits per heavy atom. The van der Waals surface area contributed by atoms with Crippen LogP contribution in [0.4, 0.5) is 10.5 Å². The first-order valence-electron chi connectivity index (χ1n) is 7.28. The molecule has 0 atom stereocenters. The number of anilines is 1. The summed E-state index contributed by atoms with van der Waals surface area (Å²) in [5.41, 5.74) is 0.830. The summed E-state index contributed by atoms with van der Waals surface area (Å²) < 4.78 is 9.96. The van der Waals surface area contributed by atoms with Crippen molar-refractivity contribution >= 4 is 17.7 Å². The lowest BCUT2D eigenvalue weighted by Gasteiger charge is -2.21. The number of ether oxygens (including phenoxy) is 2. The fraction of sp³-hybridized carbons (Fsp3) is 0.500. The van der Waals surface area contributed by atoms with Crippen LogP contribution in [0.2, 0.25) is 0 Å². The minimum Gasteiger partial charge on any atom is -0.466 e. The van der Waals surface area contributed by atoms with Gasteiger partial charge in [0, 0.05) is 19.2 Å². The zero-order chi connectivity index (χ0) is 15.5. The van der Waals surface area contributed by atoms with E-state index in [0.717, 1.165) is 24.9 Å². The van der Waals surface area contributed by atoms with Gasteiger partial charge >= 0.3 is 12.1 Å². The molecule has 21 heavy (non-hydrogen) atoms. The van der Waals surface area contributed by atoms with Gasteiger partial charge in [-0.15, -0.1) is 0 Å². The molecule has 0 aliphatic rings. The largest absolute Gasteiger partial charge is 0.466 e. The van der Waals surface area contributed by atoms with Gasteiger partial charge in [0.05, 0.1) is 13.2 Å². The number of nitrogens with zero attached hydrogens (tertiary/aromatic N) is 1. The van der Waals surface area contributed by atoms with Gasteiger partial charge in [0.1, 0.15) is 0 Å². The molecule has 0 N–H and O–H groups in total. The van der Waals surface area contributed by atoms with E-state index in [9.17, 15) is 9.59 Å². The van der Waals surface area contributed by atoms with Crippen molar-refractivity contribution in [2.45, 2.75) is 33.1 Å². The van der Waals surface area contributed by atoms with Gasteiger partial charge in [-0.2, -0.15) is 0 Å². The van der Waals surface area contributed by atoms with Crippen LogP contribution in [0.15, 0.2) is 30.3 Å². The van der Waals surface area contributed by atoms with E-state index < -0.39 is 0 Å². The molecule has 5 heteroatoms. The van der Waals surface area contributed by atoms with Crippen molar-refractivity contribution in [3.63, 3.8) is 0 Å². The second-order valence-corrected chi connectivity index (χ2v) is 4.59. The first-order valence-corrected chi connectivity index (χ1v) is 7.28. The molecule has 0 spiro atoms. The number of amides is 1. The van der Waals surface area contributed by atoms with Crippen molar-refractivity contribution in [2.24, 2.45) is 0 Å². The second kappa shape index (κ2) is 9.80. The van der Waals surface area contributed by atoms with Crippen molar-refractivity contribution in [3.05, 3.63) is 30.3 Å². The smallest absolute Gasteiger partial charge is 0.414 e. The minimum absolute atomic E-state index is 0.257. The zero-order valence-corrected chi connectivity index (χ0v) is 12.7. The molecule has 0 saturated heterocycles. The molecule has 0 unspecified atom stereocenters. The van der Waals surface area contributed by atoms with Crippen molar-refractivity contribution in [1.29, 1.82) is 0 Å². The van der Waals surface area contributed by atoms with Crippen LogP contribution >= 0.6 is 0 Å².